The fraction of sp³-hybridized carbons (Fsp3) is 0.407. The Bertz CT molecular complexity index is 1720. The maximum Gasteiger partial charge on any atom is 0.255 e. The quantitative estimate of drug-likeness (QED) is 0.243. The predicted octanol–water partition coefficient (Wildman–Crippen LogP) is 0.204. The molecule has 1 amide bonds. The van der Waals surface area contributed by atoms with E-state index in [2.05, 4.69) is 9.88 Å². The summed E-state index contributed by atoms with van der Waals surface area (Å²) in [5.74, 6) is -7.48. The fourth-order valence-electron chi connectivity index (χ4n) is 6.58. The maximum atomic E-state index is 13.8. The summed E-state index contributed by atoms with van der Waals surface area (Å²) >= 11 is 0. The van der Waals surface area contributed by atoms with Crippen LogP contribution in [0.2, 0.25) is 0 Å². The summed E-state index contributed by atoms with van der Waals surface area (Å²) in [7, 11) is -1.00. The van der Waals surface area contributed by atoms with Crippen LogP contribution in [0.1, 0.15) is 39.4 Å². The molecule has 1 aromatic carbocycles. The van der Waals surface area contributed by atoms with Crippen LogP contribution < -0.4 is 10.5 Å². The Morgan fingerprint density at radius 3 is 2.45 bits per heavy atom. The summed E-state index contributed by atoms with van der Waals surface area (Å²) in [5, 5.41) is 48.2. The van der Waals surface area contributed by atoms with Crippen LogP contribution in [0.3, 0.4) is 0 Å². The van der Waals surface area contributed by atoms with Crippen molar-refractivity contribution >= 4 is 27.5 Å². The minimum absolute atomic E-state index is 0.0192. The first-order valence-electron chi connectivity index (χ1n) is 12.9. The highest BCUT2D eigenvalue weighted by molar-refractivity contribution is 7.89. The van der Waals surface area contributed by atoms with Crippen LogP contribution in [0, 0.1) is 25.7 Å². The Kier molecular flexibility index (Phi) is 6.84. The zero-order chi connectivity index (χ0) is 31.0. The summed E-state index contributed by atoms with van der Waals surface area (Å²) in [6.07, 6.45) is -0.0724. The molecule has 5 rings (SSSR count). The van der Waals surface area contributed by atoms with Crippen LogP contribution in [0.15, 0.2) is 44.2 Å². The van der Waals surface area contributed by atoms with E-state index in [1.54, 1.807) is 0 Å². The Labute approximate surface area is 240 Å². The van der Waals surface area contributed by atoms with Gasteiger partial charge in [0.2, 0.25) is 15.8 Å². The summed E-state index contributed by atoms with van der Waals surface area (Å²) in [6.45, 7) is 2.67. The zero-order valence-corrected chi connectivity index (χ0v) is 23.9. The first-order valence-corrected chi connectivity index (χ1v) is 14.4. The number of hydrogen-bond donors (Lipinski definition) is 6. The number of allylic oxidation sites excluding steroid dienone is 1. The molecule has 1 aromatic heterocycles. The van der Waals surface area contributed by atoms with Crippen molar-refractivity contribution in [3.8, 4) is 5.75 Å². The molecule has 224 valence electrons. The number of benzene rings is 1. The number of carbonyl (C=O) groups is 3. The van der Waals surface area contributed by atoms with E-state index in [1.807, 2.05) is 0 Å². The van der Waals surface area contributed by atoms with Crippen LogP contribution in [-0.2, 0) is 32.6 Å². The van der Waals surface area contributed by atoms with Gasteiger partial charge in [0.05, 0.1) is 11.6 Å². The molecular formula is C27H30N4O10S. The number of amides is 1. The molecule has 0 fully saturated rings. The number of phenols is 1. The second-order valence-electron chi connectivity index (χ2n) is 11.0. The fourth-order valence-corrected chi connectivity index (χ4v) is 7.92. The highest BCUT2D eigenvalue weighted by Gasteiger charge is 2.63. The van der Waals surface area contributed by atoms with Gasteiger partial charge in [0.1, 0.15) is 33.4 Å². The van der Waals surface area contributed by atoms with Gasteiger partial charge in [-0.15, -0.1) is 0 Å². The van der Waals surface area contributed by atoms with Crippen molar-refractivity contribution in [2.75, 3.05) is 14.1 Å². The number of aliphatic hydroxyl groups excluding tert-OH is 2. The van der Waals surface area contributed by atoms with Gasteiger partial charge >= 0.3 is 0 Å². The summed E-state index contributed by atoms with van der Waals surface area (Å²) in [5.41, 5.74) is 2.03. The molecule has 14 nitrogen and oxygen atoms in total. The molecule has 0 saturated heterocycles. The Balaban J connectivity index is 1.60. The summed E-state index contributed by atoms with van der Waals surface area (Å²) in [4.78, 5) is 40.6. The molecular weight excluding hydrogens is 572 g/mol. The van der Waals surface area contributed by atoms with E-state index < -0.39 is 73.8 Å². The first-order chi connectivity index (χ1) is 19.5. The van der Waals surface area contributed by atoms with E-state index in [9.17, 15) is 43.2 Å². The average Bonchev–Trinajstić information content (AvgIpc) is 3.23. The largest absolute Gasteiger partial charge is 0.510 e. The molecule has 3 aliphatic carbocycles. The smallest absolute Gasteiger partial charge is 0.255 e. The van der Waals surface area contributed by atoms with Gasteiger partial charge in [0, 0.05) is 18.0 Å². The van der Waals surface area contributed by atoms with E-state index in [1.165, 1.54) is 45.0 Å². The number of nitrogens with one attached hydrogen (secondary N) is 1. The number of hydrogen-bond acceptors (Lipinski definition) is 12. The number of primary amides is 1. The number of aryl methyl sites for hydroxylation is 2. The van der Waals surface area contributed by atoms with Crippen molar-refractivity contribution in [1.82, 2.24) is 14.8 Å². The number of sulfonamides is 1. The van der Waals surface area contributed by atoms with Crippen molar-refractivity contribution < 1.29 is 47.8 Å². The number of nitrogens with two attached hydrogens (primary N) is 1. The molecule has 1 heterocycles. The van der Waals surface area contributed by atoms with Crippen molar-refractivity contribution in [2.45, 2.75) is 49.8 Å². The number of phenolic OH excluding ortho intramolecular Hbond substituents is 1. The van der Waals surface area contributed by atoms with Gasteiger partial charge in [0.25, 0.3) is 5.91 Å². The van der Waals surface area contributed by atoms with Gasteiger partial charge in [0.15, 0.2) is 17.1 Å². The molecule has 7 N–H and O–H groups in total. The highest BCUT2D eigenvalue weighted by atomic mass is 32.2. The minimum atomic E-state index is -4.07. The average molecular weight is 603 g/mol. The Hall–Kier alpha value is -4.05. The SMILES string of the molecule is Cc1noc(C)c1S(=O)(=O)NCc1ccc(O)c2c1C[C@@H]1C[C@@H]3[C@H](N(C)C)C(O)=C(C(N)=O)C(=O)[C@@]3(O)C(O)=C1C2=O. The third-order valence-electron chi connectivity index (χ3n) is 8.39. The summed E-state index contributed by atoms with van der Waals surface area (Å²) in [6, 6.07) is 1.54. The van der Waals surface area contributed by atoms with E-state index >= 15 is 0 Å². The number of rotatable bonds is 6. The van der Waals surface area contributed by atoms with Gasteiger partial charge < -0.3 is 30.7 Å². The Morgan fingerprint density at radius 2 is 1.88 bits per heavy atom. The molecule has 0 spiro atoms. The predicted molar refractivity (Wildman–Crippen MR) is 144 cm³/mol. The van der Waals surface area contributed by atoms with Crippen LogP contribution >= 0.6 is 0 Å². The number of carbonyl (C=O) groups excluding carboxylic acids is 3. The molecule has 42 heavy (non-hydrogen) atoms. The van der Waals surface area contributed by atoms with Gasteiger partial charge in [-0.2, -0.15) is 0 Å². The lowest BCUT2D eigenvalue weighted by Gasteiger charge is -2.50. The van der Waals surface area contributed by atoms with E-state index in [0.29, 0.717) is 11.1 Å². The lowest BCUT2D eigenvalue weighted by molar-refractivity contribution is -0.148. The molecule has 2 aromatic rings. The van der Waals surface area contributed by atoms with E-state index in [-0.39, 0.29) is 46.9 Å². The van der Waals surface area contributed by atoms with Gasteiger partial charge in [-0.3, -0.25) is 19.3 Å². The van der Waals surface area contributed by atoms with Gasteiger partial charge in [-0.1, -0.05) is 11.2 Å². The number of aliphatic hydroxyl groups is 3. The molecule has 4 atom stereocenters. The zero-order valence-electron chi connectivity index (χ0n) is 23.1. The third-order valence-corrected chi connectivity index (χ3v) is 10.0. The standard InChI is InChI=1S/C27H30N4O10S/c1-10-23(11(2)41-30-10)42(39,40)29-9-12-5-6-16(32)18-14(12)7-13-8-15-20(31(3)4)22(34)19(26(28)37)25(36)27(15,38)24(35)17(13)21(18)33/h5-6,13,15,20,29,32,34-35,38H,7-9H2,1-4H3,(H2,28,37)/t13-,15-,20+,27+/m1/s1. The number of ketones is 2. The highest BCUT2D eigenvalue weighted by Crippen LogP contribution is 2.52. The molecule has 0 aliphatic heterocycles. The van der Waals surface area contributed by atoms with Gasteiger partial charge in [-0.25, -0.2) is 13.1 Å². The number of Topliss-reactive ketones (excluding diaryl/α,β-unsaturated/α-hetero) is 2. The van der Waals surface area contributed by atoms with Crippen LogP contribution in [0.25, 0.3) is 0 Å². The lowest BCUT2D eigenvalue weighted by atomic mass is 9.58. The second kappa shape index (κ2) is 9.76. The van der Waals surface area contributed by atoms with Crippen molar-refractivity contribution in [3.05, 3.63) is 62.9 Å². The summed E-state index contributed by atoms with van der Waals surface area (Å²) < 4.78 is 33.5. The van der Waals surface area contributed by atoms with Gasteiger partial charge in [-0.05, 0) is 63.9 Å². The number of aromatic nitrogens is 1. The van der Waals surface area contributed by atoms with Crippen LogP contribution in [0.5, 0.6) is 5.75 Å². The number of likely N-dealkylation sites (N-methyl/N-ethyl adjacent to an activating group) is 1. The molecule has 3 aliphatic rings. The molecule has 0 saturated carbocycles. The normalized spacial score (nSPS) is 25.9. The van der Waals surface area contributed by atoms with Crippen molar-refractivity contribution in [1.29, 1.82) is 0 Å². The van der Waals surface area contributed by atoms with Crippen LogP contribution in [0.4, 0.5) is 0 Å². The third kappa shape index (κ3) is 4.06. The van der Waals surface area contributed by atoms with E-state index in [0.717, 1.165) is 0 Å². The van der Waals surface area contributed by atoms with Crippen molar-refractivity contribution in [3.63, 3.8) is 0 Å². The first kappa shape index (κ1) is 29.4. The van der Waals surface area contributed by atoms with E-state index in [4.69, 9.17) is 10.3 Å². The maximum absolute atomic E-state index is 13.8. The number of fused-ring (bicyclic) bond motifs is 3. The molecule has 0 unspecified atom stereocenters. The monoisotopic (exact) mass is 602 g/mol. The minimum Gasteiger partial charge on any atom is -0.510 e. The molecule has 15 heteroatoms. The molecule has 0 radical (unpaired) electrons. The second-order valence-corrected chi connectivity index (χ2v) is 12.7. The number of aromatic hydroxyl groups is 1. The topological polar surface area (TPSA) is 234 Å². The van der Waals surface area contributed by atoms with Crippen LogP contribution in [-0.4, -0.2) is 82.1 Å². The Morgan fingerprint density at radius 1 is 1.21 bits per heavy atom. The number of nitrogens with zero attached hydrogens (tertiary/aromatic N) is 2. The lowest BCUT2D eigenvalue weighted by Crippen LogP contribution is -2.63. The molecule has 0 bridgehead atoms. The van der Waals surface area contributed by atoms with Crippen molar-refractivity contribution in [2.24, 2.45) is 17.6 Å².